The second-order valence-corrected chi connectivity index (χ2v) is 2.54. The van der Waals surface area contributed by atoms with E-state index in [4.69, 9.17) is 0 Å². The van der Waals surface area contributed by atoms with Crippen molar-refractivity contribution < 1.29 is 158 Å². The Labute approximate surface area is 205 Å². The molecule has 0 amide bonds. The van der Waals surface area contributed by atoms with Gasteiger partial charge in [0.15, 0.2) is 0 Å². The van der Waals surface area contributed by atoms with Crippen molar-refractivity contribution in [2.75, 3.05) is 0 Å². The molecule has 0 aromatic heterocycles. The van der Waals surface area contributed by atoms with Crippen LogP contribution in [0.4, 0.5) is 0 Å². The third-order valence-corrected chi connectivity index (χ3v) is 1.51. The van der Waals surface area contributed by atoms with E-state index in [2.05, 4.69) is 0 Å². The van der Waals surface area contributed by atoms with Gasteiger partial charge in [-0.2, -0.15) is 0 Å². The Morgan fingerprint density at radius 1 is 1.13 bits per heavy atom. The van der Waals surface area contributed by atoms with E-state index in [0.717, 1.165) is 0 Å². The van der Waals surface area contributed by atoms with Gasteiger partial charge in [-0.3, -0.25) is 0 Å². The van der Waals surface area contributed by atoms with Crippen LogP contribution >= 0.6 is 0 Å². The average Bonchev–Trinajstić information content (AvgIpc) is 2.03. The van der Waals surface area contributed by atoms with Crippen LogP contribution in [0.5, 0.6) is 0 Å². The first-order valence-electron chi connectivity index (χ1n) is 3.59. The summed E-state index contributed by atoms with van der Waals surface area (Å²) in [5.74, 6) is -2.56. The number of carbonyl (C=O) groups is 2. The number of carbonyl (C=O) groups excluding carboxylic acids is 2. The van der Waals surface area contributed by atoms with Gasteiger partial charge >= 0.3 is 138 Å². The molecule has 15 heavy (non-hydrogen) atoms. The minimum atomic E-state index is -1.32. The molecule has 4 nitrogen and oxygen atoms in total. The van der Waals surface area contributed by atoms with E-state index in [1.807, 2.05) is 0 Å². The molecule has 0 fully saturated rings. The molecular formula is C9H6Cs2O4. The fourth-order valence-electron chi connectivity index (χ4n) is 0.975. The van der Waals surface area contributed by atoms with Gasteiger partial charge in [-0.15, -0.1) is 0 Å². The summed E-state index contributed by atoms with van der Waals surface area (Å²) in [4.78, 5) is 20.5. The second kappa shape index (κ2) is 10.2. The van der Waals surface area contributed by atoms with E-state index in [1.54, 1.807) is 0 Å². The molecule has 0 bridgehead atoms. The molecule has 0 aliphatic heterocycles. The first-order chi connectivity index (χ1) is 6.09. The summed E-state index contributed by atoms with van der Waals surface area (Å²) in [6, 6.07) is 5.57. The monoisotopic (exact) mass is 444 g/mol. The summed E-state index contributed by atoms with van der Waals surface area (Å²) in [6.45, 7) is 0. The van der Waals surface area contributed by atoms with Crippen LogP contribution in [0, 0.1) is 0 Å². The molecule has 0 unspecified atom stereocenters. The summed E-state index contributed by atoms with van der Waals surface area (Å²) < 4.78 is 0. The Kier molecular flexibility index (Phi) is 13.3. The molecule has 68 valence electrons. The van der Waals surface area contributed by atoms with Crippen LogP contribution in [0.15, 0.2) is 24.3 Å². The summed E-state index contributed by atoms with van der Waals surface area (Å²) >= 11 is 0. The van der Waals surface area contributed by atoms with Gasteiger partial charge in [-0.1, -0.05) is 18.2 Å². The normalized spacial score (nSPS) is 8.27. The van der Waals surface area contributed by atoms with Crippen molar-refractivity contribution in [3.63, 3.8) is 0 Å². The SMILES string of the molecule is O=C([O-])Cc1cccc(C(=O)[O-])c1.[Cs+].[Cs+]. The van der Waals surface area contributed by atoms with Crippen molar-refractivity contribution in [1.82, 2.24) is 0 Å². The number of carboxylic acid groups (broad SMARTS) is 2. The molecule has 0 heterocycles. The Bertz CT molecular complexity index is 352. The molecule has 0 N–H and O–H groups in total. The van der Waals surface area contributed by atoms with Crippen molar-refractivity contribution >= 4 is 11.9 Å². The molecule has 0 atom stereocenters. The minimum Gasteiger partial charge on any atom is -0.550 e. The van der Waals surface area contributed by atoms with Crippen LogP contribution in [0.2, 0.25) is 0 Å². The van der Waals surface area contributed by atoms with Crippen LogP contribution in [0.1, 0.15) is 15.9 Å². The van der Waals surface area contributed by atoms with Gasteiger partial charge in [-0.05, 0) is 17.2 Å². The standard InChI is InChI=1S/C9H8O4.2Cs/c10-8(11)5-6-2-1-3-7(4-6)9(12)13;;/h1-4H,5H2,(H,10,11)(H,12,13);;/q;2*+1/p-2. The molecule has 0 radical (unpaired) electrons. The predicted molar refractivity (Wildman–Crippen MR) is 39.5 cm³/mol. The second-order valence-electron chi connectivity index (χ2n) is 2.54. The number of rotatable bonds is 3. The summed E-state index contributed by atoms with van der Waals surface area (Å²) in [5.41, 5.74) is 0.362. The number of hydrogen-bond acceptors (Lipinski definition) is 4. The summed E-state index contributed by atoms with van der Waals surface area (Å²) in [5, 5.41) is 20.5. The molecule has 0 saturated carbocycles. The molecule has 0 saturated heterocycles. The maximum atomic E-state index is 10.4. The van der Waals surface area contributed by atoms with Crippen LogP contribution < -0.4 is 148 Å². The fourth-order valence-corrected chi connectivity index (χ4v) is 0.975. The van der Waals surface area contributed by atoms with Gasteiger partial charge in [0.05, 0.1) is 5.97 Å². The third kappa shape index (κ3) is 8.06. The van der Waals surface area contributed by atoms with E-state index in [0.29, 0.717) is 5.56 Å². The number of aliphatic carboxylic acids is 1. The molecule has 0 aliphatic rings. The maximum absolute atomic E-state index is 10.4. The smallest absolute Gasteiger partial charge is 0.550 e. The quantitative estimate of drug-likeness (QED) is 0.465. The van der Waals surface area contributed by atoms with E-state index >= 15 is 0 Å². The van der Waals surface area contributed by atoms with Gasteiger partial charge in [0.1, 0.15) is 0 Å². The Balaban J connectivity index is 0. The van der Waals surface area contributed by atoms with Crippen LogP contribution in [-0.4, -0.2) is 11.9 Å². The molecule has 1 rings (SSSR count). The zero-order valence-corrected chi connectivity index (χ0v) is 21.2. The van der Waals surface area contributed by atoms with Crippen molar-refractivity contribution in [3.05, 3.63) is 35.4 Å². The zero-order valence-electron chi connectivity index (χ0n) is 8.65. The van der Waals surface area contributed by atoms with Crippen molar-refractivity contribution in [1.29, 1.82) is 0 Å². The Morgan fingerprint density at radius 2 is 1.73 bits per heavy atom. The average molecular weight is 444 g/mol. The molecule has 1 aromatic carbocycles. The van der Waals surface area contributed by atoms with Crippen LogP contribution in [0.3, 0.4) is 0 Å². The van der Waals surface area contributed by atoms with E-state index < -0.39 is 11.9 Å². The van der Waals surface area contributed by atoms with E-state index in [-0.39, 0.29) is 150 Å². The number of aromatic carboxylic acids is 1. The van der Waals surface area contributed by atoms with Crippen LogP contribution in [0.25, 0.3) is 0 Å². The van der Waals surface area contributed by atoms with Gasteiger partial charge in [0, 0.05) is 12.4 Å². The van der Waals surface area contributed by atoms with Crippen molar-refractivity contribution in [2.45, 2.75) is 6.42 Å². The molecule has 1 aromatic rings. The fraction of sp³-hybridized carbons (Fsp3) is 0.111. The molecule has 6 heteroatoms. The Morgan fingerprint density at radius 3 is 2.20 bits per heavy atom. The topological polar surface area (TPSA) is 80.3 Å². The zero-order chi connectivity index (χ0) is 9.84. The van der Waals surface area contributed by atoms with Crippen molar-refractivity contribution in [2.24, 2.45) is 0 Å². The minimum absolute atomic E-state index is 0. The molecule has 0 spiro atoms. The van der Waals surface area contributed by atoms with Crippen LogP contribution in [-0.2, 0) is 11.2 Å². The molecular weight excluding hydrogens is 438 g/mol. The number of benzene rings is 1. The number of hydrogen-bond donors (Lipinski definition) is 0. The largest absolute Gasteiger partial charge is 1.00 e. The van der Waals surface area contributed by atoms with Gasteiger partial charge in [0.2, 0.25) is 0 Å². The van der Waals surface area contributed by atoms with Crippen molar-refractivity contribution in [3.8, 4) is 0 Å². The van der Waals surface area contributed by atoms with Gasteiger partial charge < -0.3 is 19.8 Å². The first-order valence-corrected chi connectivity index (χ1v) is 3.59. The van der Waals surface area contributed by atoms with E-state index in [1.165, 1.54) is 24.3 Å². The third-order valence-electron chi connectivity index (χ3n) is 1.51. The number of carboxylic acids is 2. The van der Waals surface area contributed by atoms with Gasteiger partial charge in [0.25, 0.3) is 0 Å². The summed E-state index contributed by atoms with van der Waals surface area (Å²) in [6.07, 6.45) is -0.291. The Hall–Kier alpha value is 2.26. The molecule has 0 aliphatic carbocycles. The predicted octanol–water partition coefficient (Wildman–Crippen LogP) is -7.65. The maximum Gasteiger partial charge on any atom is 1.00 e. The van der Waals surface area contributed by atoms with Gasteiger partial charge in [-0.25, -0.2) is 0 Å². The first kappa shape index (κ1) is 19.6. The van der Waals surface area contributed by atoms with E-state index in [9.17, 15) is 19.8 Å². The summed E-state index contributed by atoms with van der Waals surface area (Å²) in [7, 11) is 0.